The second-order valence-corrected chi connectivity index (χ2v) is 4.75. The first kappa shape index (κ1) is 11.1. The van der Waals surface area contributed by atoms with Gasteiger partial charge in [-0.2, -0.15) is 0 Å². The van der Waals surface area contributed by atoms with Crippen LogP contribution in [0.2, 0.25) is 0 Å². The molecular weight excluding hydrogens is 264 g/mol. The monoisotopic (exact) mass is 276 g/mol. The van der Waals surface area contributed by atoms with E-state index < -0.39 is 0 Å². The van der Waals surface area contributed by atoms with Crippen molar-refractivity contribution in [1.29, 1.82) is 0 Å². The van der Waals surface area contributed by atoms with E-state index in [1.165, 1.54) is 11.1 Å². The van der Waals surface area contributed by atoms with Gasteiger partial charge in [0.25, 0.3) is 0 Å². The number of rotatable bonds is 2. The van der Waals surface area contributed by atoms with Crippen LogP contribution >= 0.6 is 15.9 Å². The molecule has 0 atom stereocenters. The van der Waals surface area contributed by atoms with Gasteiger partial charge in [-0.25, -0.2) is 0 Å². The van der Waals surface area contributed by atoms with Gasteiger partial charge in [-0.1, -0.05) is 12.1 Å². The summed E-state index contributed by atoms with van der Waals surface area (Å²) in [4.78, 5) is 4.12. The van der Waals surface area contributed by atoms with Crippen LogP contribution in [0.3, 0.4) is 0 Å². The van der Waals surface area contributed by atoms with Crippen LogP contribution in [0.15, 0.2) is 41.1 Å². The van der Waals surface area contributed by atoms with Crippen molar-refractivity contribution in [3.63, 3.8) is 0 Å². The van der Waals surface area contributed by atoms with Crippen molar-refractivity contribution in [3.05, 3.63) is 52.3 Å². The third-order valence-electron chi connectivity index (χ3n) is 2.38. The summed E-state index contributed by atoms with van der Waals surface area (Å²) in [6, 6.07) is 8.37. The van der Waals surface area contributed by atoms with Crippen molar-refractivity contribution in [2.75, 3.05) is 5.32 Å². The molecule has 0 aliphatic rings. The van der Waals surface area contributed by atoms with Gasteiger partial charge in [-0.05, 0) is 53.0 Å². The molecule has 3 heteroatoms. The van der Waals surface area contributed by atoms with Crippen LogP contribution in [-0.4, -0.2) is 4.98 Å². The Labute approximate surface area is 104 Å². The first-order valence-electron chi connectivity index (χ1n) is 5.10. The van der Waals surface area contributed by atoms with Gasteiger partial charge in [0.15, 0.2) is 0 Å². The van der Waals surface area contributed by atoms with Crippen LogP contribution in [0.1, 0.15) is 11.1 Å². The van der Waals surface area contributed by atoms with E-state index in [0.29, 0.717) is 0 Å². The van der Waals surface area contributed by atoms with Crippen LogP contribution in [0.5, 0.6) is 0 Å². The smallest absolute Gasteiger partial charge is 0.0582 e. The number of hydrogen-bond donors (Lipinski definition) is 1. The van der Waals surface area contributed by atoms with E-state index in [0.717, 1.165) is 15.8 Å². The van der Waals surface area contributed by atoms with E-state index in [-0.39, 0.29) is 0 Å². The van der Waals surface area contributed by atoms with Gasteiger partial charge in [0.05, 0.1) is 11.9 Å². The highest BCUT2D eigenvalue weighted by atomic mass is 79.9. The molecule has 0 bridgehead atoms. The number of hydrogen-bond acceptors (Lipinski definition) is 2. The van der Waals surface area contributed by atoms with Crippen LogP contribution in [0.4, 0.5) is 11.4 Å². The minimum atomic E-state index is 0.975. The lowest BCUT2D eigenvalue weighted by molar-refractivity contribution is 1.29. The number of nitrogens with one attached hydrogen (secondary N) is 1. The van der Waals surface area contributed by atoms with E-state index in [9.17, 15) is 0 Å². The summed E-state index contributed by atoms with van der Waals surface area (Å²) in [5, 5.41) is 3.36. The molecule has 0 aliphatic heterocycles. The van der Waals surface area contributed by atoms with Gasteiger partial charge in [0.2, 0.25) is 0 Å². The van der Waals surface area contributed by atoms with Gasteiger partial charge < -0.3 is 5.32 Å². The number of aryl methyl sites for hydroxylation is 2. The van der Waals surface area contributed by atoms with Crippen LogP contribution in [0, 0.1) is 13.8 Å². The first-order chi connectivity index (χ1) is 7.65. The lowest BCUT2D eigenvalue weighted by Crippen LogP contribution is -1.94. The zero-order valence-corrected chi connectivity index (χ0v) is 10.9. The predicted molar refractivity (Wildman–Crippen MR) is 71.1 cm³/mol. The second-order valence-electron chi connectivity index (χ2n) is 3.84. The van der Waals surface area contributed by atoms with Crippen molar-refractivity contribution in [2.45, 2.75) is 13.8 Å². The molecule has 0 unspecified atom stereocenters. The highest BCUT2D eigenvalue weighted by Gasteiger charge is 2.00. The molecule has 82 valence electrons. The number of nitrogens with zero attached hydrogens (tertiary/aromatic N) is 1. The average Bonchev–Trinajstić information content (AvgIpc) is 2.24. The third-order valence-corrected chi connectivity index (χ3v) is 2.81. The number of pyridine rings is 1. The molecule has 0 spiro atoms. The Kier molecular flexibility index (Phi) is 3.25. The normalized spacial score (nSPS) is 10.2. The fourth-order valence-electron chi connectivity index (χ4n) is 1.51. The summed E-state index contributed by atoms with van der Waals surface area (Å²) >= 11 is 3.41. The zero-order valence-electron chi connectivity index (χ0n) is 9.29. The fraction of sp³-hybridized carbons (Fsp3) is 0.154. The molecule has 0 radical (unpaired) electrons. The number of aromatic nitrogens is 1. The summed E-state index contributed by atoms with van der Waals surface area (Å²) in [6.45, 7) is 4.18. The van der Waals surface area contributed by atoms with Crippen LogP contribution < -0.4 is 5.32 Å². The SMILES string of the molecule is Cc1ccc(C)c(Nc2cncc(Br)c2)c1. The van der Waals surface area contributed by atoms with E-state index in [1.807, 2.05) is 12.3 Å². The number of anilines is 2. The maximum Gasteiger partial charge on any atom is 0.0582 e. The van der Waals surface area contributed by atoms with Crippen molar-refractivity contribution in [3.8, 4) is 0 Å². The Morgan fingerprint density at radius 3 is 2.69 bits per heavy atom. The topological polar surface area (TPSA) is 24.9 Å². The second kappa shape index (κ2) is 4.66. The quantitative estimate of drug-likeness (QED) is 0.889. The maximum absolute atomic E-state index is 4.12. The molecule has 0 amide bonds. The Morgan fingerprint density at radius 1 is 1.12 bits per heavy atom. The summed E-state index contributed by atoms with van der Waals surface area (Å²) < 4.78 is 0.975. The van der Waals surface area contributed by atoms with E-state index in [2.05, 4.69) is 58.3 Å². The molecule has 2 nitrogen and oxygen atoms in total. The lowest BCUT2D eigenvalue weighted by atomic mass is 10.1. The van der Waals surface area contributed by atoms with Gasteiger partial charge in [-0.3, -0.25) is 4.98 Å². The minimum Gasteiger partial charge on any atom is -0.354 e. The Balaban J connectivity index is 2.30. The molecule has 0 aliphatic carbocycles. The molecule has 1 N–H and O–H groups in total. The minimum absolute atomic E-state index is 0.975. The lowest BCUT2D eigenvalue weighted by Gasteiger charge is -2.10. The van der Waals surface area contributed by atoms with Crippen molar-refractivity contribution >= 4 is 27.3 Å². The number of halogens is 1. The largest absolute Gasteiger partial charge is 0.354 e. The summed E-state index contributed by atoms with van der Waals surface area (Å²) in [5.41, 5.74) is 4.59. The predicted octanol–water partition coefficient (Wildman–Crippen LogP) is 4.20. The summed E-state index contributed by atoms with van der Waals surface area (Å²) in [6.07, 6.45) is 3.58. The molecule has 2 aromatic rings. The first-order valence-corrected chi connectivity index (χ1v) is 5.89. The molecule has 1 aromatic carbocycles. The van der Waals surface area contributed by atoms with Crippen LogP contribution in [0.25, 0.3) is 0 Å². The fourth-order valence-corrected chi connectivity index (χ4v) is 1.87. The molecule has 1 heterocycles. The molecule has 0 saturated heterocycles. The Bertz CT molecular complexity index is 509. The van der Waals surface area contributed by atoms with Crippen molar-refractivity contribution < 1.29 is 0 Å². The van der Waals surface area contributed by atoms with E-state index in [1.54, 1.807) is 6.20 Å². The van der Waals surface area contributed by atoms with Gasteiger partial charge in [0, 0.05) is 16.4 Å². The number of benzene rings is 1. The van der Waals surface area contributed by atoms with Gasteiger partial charge in [0.1, 0.15) is 0 Å². The van der Waals surface area contributed by atoms with Gasteiger partial charge in [-0.15, -0.1) is 0 Å². The molecule has 0 fully saturated rings. The molecular formula is C13H13BrN2. The zero-order chi connectivity index (χ0) is 11.5. The van der Waals surface area contributed by atoms with E-state index >= 15 is 0 Å². The molecule has 1 aromatic heterocycles. The molecule has 2 rings (SSSR count). The van der Waals surface area contributed by atoms with Crippen molar-refractivity contribution in [1.82, 2.24) is 4.98 Å². The summed E-state index contributed by atoms with van der Waals surface area (Å²) in [5.74, 6) is 0. The van der Waals surface area contributed by atoms with E-state index in [4.69, 9.17) is 0 Å². The average molecular weight is 277 g/mol. The molecule has 16 heavy (non-hydrogen) atoms. The van der Waals surface area contributed by atoms with Gasteiger partial charge >= 0.3 is 0 Å². The molecule has 0 saturated carbocycles. The third kappa shape index (κ3) is 2.61. The Morgan fingerprint density at radius 2 is 1.94 bits per heavy atom. The Hall–Kier alpha value is -1.35. The van der Waals surface area contributed by atoms with Crippen molar-refractivity contribution in [2.24, 2.45) is 0 Å². The summed E-state index contributed by atoms with van der Waals surface area (Å²) in [7, 11) is 0. The highest BCUT2D eigenvalue weighted by Crippen LogP contribution is 2.22. The maximum atomic E-state index is 4.12. The highest BCUT2D eigenvalue weighted by molar-refractivity contribution is 9.10. The van der Waals surface area contributed by atoms with Crippen LogP contribution in [-0.2, 0) is 0 Å². The standard InChI is InChI=1S/C13H13BrN2/c1-9-3-4-10(2)13(5-9)16-12-6-11(14)7-15-8-12/h3-8,16H,1-2H3.